The Morgan fingerprint density at radius 2 is 2.00 bits per heavy atom. The summed E-state index contributed by atoms with van der Waals surface area (Å²) in [6.07, 6.45) is 3.90. The summed E-state index contributed by atoms with van der Waals surface area (Å²) in [5.41, 5.74) is 5.93. The predicted molar refractivity (Wildman–Crippen MR) is 108 cm³/mol. The molecule has 0 unspecified atom stereocenters. The Labute approximate surface area is 165 Å². The Kier molecular flexibility index (Phi) is 4.99. The van der Waals surface area contributed by atoms with E-state index in [1.54, 1.807) is 0 Å². The number of oxazole rings is 1. The van der Waals surface area contributed by atoms with Gasteiger partial charge in [0.05, 0.1) is 11.3 Å². The quantitative estimate of drug-likeness (QED) is 0.524. The summed E-state index contributed by atoms with van der Waals surface area (Å²) in [6.45, 7) is 11.5. The number of hydrogen-bond donors (Lipinski definition) is 0. The number of hydrogen-bond acceptors (Lipinski definition) is 4. The van der Waals surface area contributed by atoms with Gasteiger partial charge in [-0.3, -0.25) is 4.90 Å². The van der Waals surface area contributed by atoms with Gasteiger partial charge in [0.25, 0.3) is 0 Å². The molecule has 0 aliphatic heterocycles. The van der Waals surface area contributed by atoms with Crippen molar-refractivity contribution >= 4 is 17.3 Å². The molecule has 0 aromatic carbocycles. The first kappa shape index (κ1) is 18.5. The highest BCUT2D eigenvalue weighted by Gasteiger charge is 2.27. The van der Waals surface area contributed by atoms with Crippen molar-refractivity contribution in [3.05, 3.63) is 40.0 Å². The number of pyridine rings is 1. The number of halogens is 1. The van der Waals surface area contributed by atoms with Crippen LogP contribution < -0.4 is 0 Å². The van der Waals surface area contributed by atoms with E-state index in [4.69, 9.17) is 21.1 Å². The van der Waals surface area contributed by atoms with Crippen LogP contribution in [-0.2, 0) is 6.54 Å². The van der Waals surface area contributed by atoms with Crippen LogP contribution in [0.3, 0.4) is 0 Å². The minimum Gasteiger partial charge on any atom is -0.441 e. The van der Waals surface area contributed by atoms with Gasteiger partial charge in [0, 0.05) is 24.3 Å². The van der Waals surface area contributed by atoms with E-state index < -0.39 is 0 Å². The van der Waals surface area contributed by atoms with E-state index in [0.717, 1.165) is 59.5 Å². The molecule has 0 amide bonds. The van der Waals surface area contributed by atoms with Crippen LogP contribution in [0.15, 0.2) is 16.5 Å². The fourth-order valence-electron chi connectivity index (χ4n) is 3.84. The van der Waals surface area contributed by atoms with E-state index in [1.165, 1.54) is 24.9 Å². The van der Waals surface area contributed by atoms with Crippen molar-refractivity contribution in [1.82, 2.24) is 19.5 Å². The van der Waals surface area contributed by atoms with Gasteiger partial charge in [0.15, 0.2) is 0 Å². The molecule has 0 radical (unpaired) electrons. The highest BCUT2D eigenvalue weighted by molar-refractivity contribution is 6.29. The van der Waals surface area contributed by atoms with Gasteiger partial charge in [-0.1, -0.05) is 18.5 Å². The summed E-state index contributed by atoms with van der Waals surface area (Å²) in [5.74, 6) is 1.73. The maximum Gasteiger partial charge on any atom is 0.227 e. The fraction of sp³-hybridized carbons (Fsp3) is 0.524. The first-order chi connectivity index (χ1) is 13.0. The maximum atomic E-state index is 6.20. The lowest BCUT2D eigenvalue weighted by molar-refractivity contribution is 0.254. The molecule has 1 aliphatic rings. The third-order valence-electron chi connectivity index (χ3n) is 5.37. The lowest BCUT2D eigenvalue weighted by Gasteiger charge is -2.20. The minimum absolute atomic E-state index is 0.501. The molecule has 6 heteroatoms. The van der Waals surface area contributed by atoms with Crippen LogP contribution >= 0.6 is 11.6 Å². The molecule has 4 rings (SSSR count). The van der Waals surface area contributed by atoms with Crippen molar-refractivity contribution in [3.8, 4) is 11.3 Å². The SMILES string of the molecule is CCCN(Cc1c(C)nn2c(-c3ccc(Cl)nc3C)c(C)oc12)CC1CC1. The Balaban J connectivity index is 1.74. The standard InChI is InChI=1S/C21H27ClN4O/c1-5-10-25(11-16-6-7-16)12-18-14(3)24-26-20(15(4)27-21(18)26)17-8-9-19(22)23-13(17)2/h8-9,16H,5-7,10-12H2,1-4H3. The smallest absolute Gasteiger partial charge is 0.227 e. The summed E-state index contributed by atoms with van der Waals surface area (Å²) in [5, 5.41) is 5.32. The molecule has 1 saturated carbocycles. The minimum atomic E-state index is 0.501. The van der Waals surface area contributed by atoms with Gasteiger partial charge in [-0.2, -0.15) is 9.61 Å². The number of nitrogens with zero attached hydrogens (tertiary/aromatic N) is 4. The molecule has 3 heterocycles. The molecule has 3 aromatic rings. The van der Waals surface area contributed by atoms with Gasteiger partial charge in [0.2, 0.25) is 5.71 Å². The number of rotatable bonds is 7. The van der Waals surface area contributed by atoms with Crippen molar-refractivity contribution in [3.63, 3.8) is 0 Å². The van der Waals surface area contributed by atoms with Crippen LogP contribution in [0.1, 0.15) is 48.9 Å². The Morgan fingerprint density at radius 3 is 2.67 bits per heavy atom. The van der Waals surface area contributed by atoms with E-state index in [0.29, 0.717) is 5.15 Å². The molecule has 0 atom stereocenters. The predicted octanol–water partition coefficient (Wildman–Crippen LogP) is 5.19. The van der Waals surface area contributed by atoms with Crippen LogP contribution in [0.5, 0.6) is 0 Å². The summed E-state index contributed by atoms with van der Waals surface area (Å²) in [6, 6.07) is 3.81. The first-order valence-corrected chi connectivity index (χ1v) is 10.2. The largest absolute Gasteiger partial charge is 0.441 e. The Bertz CT molecular complexity index is 970. The molecular weight excluding hydrogens is 360 g/mol. The highest BCUT2D eigenvalue weighted by atomic mass is 35.5. The van der Waals surface area contributed by atoms with Crippen molar-refractivity contribution in [2.75, 3.05) is 13.1 Å². The number of fused-ring (bicyclic) bond motifs is 1. The molecular formula is C21H27ClN4O. The normalized spacial score (nSPS) is 14.6. The van der Waals surface area contributed by atoms with Crippen LogP contribution in [0, 0.1) is 26.7 Å². The summed E-state index contributed by atoms with van der Waals surface area (Å²) in [7, 11) is 0. The van der Waals surface area contributed by atoms with Crippen molar-refractivity contribution in [1.29, 1.82) is 0 Å². The Morgan fingerprint density at radius 1 is 1.22 bits per heavy atom. The molecule has 1 fully saturated rings. The highest BCUT2D eigenvalue weighted by Crippen LogP contribution is 2.34. The summed E-state index contributed by atoms with van der Waals surface area (Å²) < 4.78 is 8.15. The van der Waals surface area contributed by atoms with Gasteiger partial charge in [-0.15, -0.1) is 0 Å². The molecule has 3 aromatic heterocycles. The number of aromatic nitrogens is 3. The van der Waals surface area contributed by atoms with Crippen LogP contribution in [0.4, 0.5) is 0 Å². The second kappa shape index (κ2) is 7.28. The van der Waals surface area contributed by atoms with E-state index in [1.807, 2.05) is 30.5 Å². The zero-order valence-corrected chi connectivity index (χ0v) is 17.3. The van der Waals surface area contributed by atoms with Crippen molar-refractivity contribution < 1.29 is 4.42 Å². The third-order valence-corrected chi connectivity index (χ3v) is 5.58. The van der Waals surface area contributed by atoms with Crippen LogP contribution in [0.25, 0.3) is 17.0 Å². The van der Waals surface area contributed by atoms with Crippen LogP contribution in [0.2, 0.25) is 5.15 Å². The van der Waals surface area contributed by atoms with Gasteiger partial charge >= 0.3 is 0 Å². The maximum absolute atomic E-state index is 6.20. The zero-order valence-electron chi connectivity index (χ0n) is 16.5. The van der Waals surface area contributed by atoms with Crippen molar-refractivity contribution in [2.24, 2.45) is 5.92 Å². The summed E-state index contributed by atoms with van der Waals surface area (Å²) in [4.78, 5) is 6.94. The van der Waals surface area contributed by atoms with Gasteiger partial charge in [-0.05, 0) is 64.6 Å². The van der Waals surface area contributed by atoms with Gasteiger partial charge in [-0.25, -0.2) is 4.98 Å². The summed E-state index contributed by atoms with van der Waals surface area (Å²) >= 11 is 6.04. The van der Waals surface area contributed by atoms with Gasteiger partial charge in [0.1, 0.15) is 16.6 Å². The topological polar surface area (TPSA) is 46.6 Å². The first-order valence-electron chi connectivity index (χ1n) is 9.81. The van der Waals surface area contributed by atoms with E-state index in [2.05, 4.69) is 23.7 Å². The molecule has 144 valence electrons. The third kappa shape index (κ3) is 3.63. The second-order valence-electron chi connectivity index (χ2n) is 7.73. The van der Waals surface area contributed by atoms with E-state index in [-0.39, 0.29) is 0 Å². The fourth-order valence-corrected chi connectivity index (χ4v) is 4.03. The molecule has 27 heavy (non-hydrogen) atoms. The average molecular weight is 387 g/mol. The molecule has 5 nitrogen and oxygen atoms in total. The molecule has 1 aliphatic carbocycles. The lowest BCUT2D eigenvalue weighted by atomic mass is 10.1. The van der Waals surface area contributed by atoms with Crippen molar-refractivity contribution in [2.45, 2.75) is 53.5 Å². The average Bonchev–Trinajstić information content (AvgIpc) is 3.30. The van der Waals surface area contributed by atoms with Crippen LogP contribution in [-0.4, -0.2) is 32.6 Å². The molecule has 0 bridgehead atoms. The molecule has 0 spiro atoms. The second-order valence-corrected chi connectivity index (χ2v) is 8.12. The van der Waals surface area contributed by atoms with Gasteiger partial charge < -0.3 is 4.42 Å². The Hall–Kier alpha value is -1.85. The zero-order chi connectivity index (χ0) is 19.1. The lowest BCUT2D eigenvalue weighted by Crippen LogP contribution is -2.26. The van der Waals surface area contributed by atoms with E-state index in [9.17, 15) is 0 Å². The van der Waals surface area contributed by atoms with E-state index >= 15 is 0 Å². The molecule has 0 N–H and O–H groups in total. The number of aryl methyl sites for hydroxylation is 3. The molecule has 0 saturated heterocycles. The monoisotopic (exact) mass is 386 g/mol.